The lowest BCUT2D eigenvalue weighted by molar-refractivity contribution is -0.123. The Balaban J connectivity index is 1.52. The smallest absolute Gasteiger partial charge is 0.338 e. The summed E-state index contributed by atoms with van der Waals surface area (Å²) >= 11 is 0. The maximum absolute atomic E-state index is 13.5. The molecule has 0 aliphatic carbocycles. The van der Waals surface area contributed by atoms with E-state index >= 15 is 0 Å². The highest BCUT2D eigenvalue weighted by atomic mass is 16.5. The van der Waals surface area contributed by atoms with Gasteiger partial charge in [0.1, 0.15) is 6.04 Å². The Hall–Kier alpha value is -3.92. The second-order valence-corrected chi connectivity index (χ2v) is 7.74. The van der Waals surface area contributed by atoms with E-state index in [9.17, 15) is 19.6 Å². The second-order valence-electron chi connectivity index (χ2n) is 7.74. The van der Waals surface area contributed by atoms with Gasteiger partial charge in [0.2, 0.25) is 11.8 Å². The minimum absolute atomic E-state index is 0.260. The van der Waals surface area contributed by atoms with Crippen molar-refractivity contribution in [3.8, 4) is 6.07 Å². The number of rotatable bonds is 3. The summed E-state index contributed by atoms with van der Waals surface area (Å²) in [7, 11) is 0. The van der Waals surface area contributed by atoms with Crippen LogP contribution in [0.3, 0.4) is 0 Å². The maximum atomic E-state index is 13.5. The van der Waals surface area contributed by atoms with E-state index in [4.69, 9.17) is 4.74 Å². The largest absolute Gasteiger partial charge is 0.462 e. The Morgan fingerprint density at radius 3 is 2.48 bits per heavy atom. The van der Waals surface area contributed by atoms with Crippen molar-refractivity contribution in [2.45, 2.75) is 19.0 Å². The highest BCUT2D eigenvalue weighted by Crippen LogP contribution is 2.52. The van der Waals surface area contributed by atoms with Crippen molar-refractivity contribution < 1.29 is 19.1 Å². The average Bonchev–Trinajstić information content (AvgIpc) is 3.26. The lowest BCUT2D eigenvalue weighted by atomic mass is 9.85. The van der Waals surface area contributed by atoms with Crippen LogP contribution in [-0.2, 0) is 14.3 Å². The molecule has 2 fully saturated rings. The standard InChI is InChI=1S/C24H19N3O4/c1-2-31-24(30)15-7-9-16(10-8-15)27-22(28)19-18(13-25)26-12-11-14-5-3-4-6-17(14)21(26)20(19)23(27)29/h3-12,18-21H,2H2,1H3/t18-,19-,20-,21-/m1/s1. The summed E-state index contributed by atoms with van der Waals surface area (Å²) in [4.78, 5) is 41.8. The van der Waals surface area contributed by atoms with E-state index in [0.717, 1.165) is 16.0 Å². The van der Waals surface area contributed by atoms with Crippen LogP contribution in [0.4, 0.5) is 5.69 Å². The number of hydrogen-bond acceptors (Lipinski definition) is 6. The third-order valence-corrected chi connectivity index (χ3v) is 6.23. The fraction of sp³-hybridized carbons (Fsp3) is 0.250. The first kappa shape index (κ1) is 19.1. The Labute approximate surface area is 179 Å². The molecule has 0 spiro atoms. The van der Waals surface area contributed by atoms with Crippen molar-refractivity contribution in [2.24, 2.45) is 11.8 Å². The van der Waals surface area contributed by atoms with E-state index in [1.807, 2.05) is 41.4 Å². The molecule has 3 aliphatic rings. The van der Waals surface area contributed by atoms with Crippen LogP contribution in [0.2, 0.25) is 0 Å². The molecule has 0 bridgehead atoms. The third kappa shape index (κ3) is 2.68. The fourth-order valence-electron chi connectivity index (χ4n) is 4.92. The Morgan fingerprint density at radius 2 is 1.77 bits per heavy atom. The number of ether oxygens (including phenoxy) is 1. The number of fused-ring (bicyclic) bond motifs is 5. The van der Waals surface area contributed by atoms with E-state index in [2.05, 4.69) is 6.07 Å². The Bertz CT molecular complexity index is 1160. The molecule has 0 aromatic heterocycles. The monoisotopic (exact) mass is 413 g/mol. The van der Waals surface area contributed by atoms with Gasteiger partial charge in [-0.2, -0.15) is 5.26 Å². The number of amides is 2. The summed E-state index contributed by atoms with van der Waals surface area (Å²) in [5.74, 6) is -2.56. The molecule has 0 N–H and O–H groups in total. The van der Waals surface area contributed by atoms with Gasteiger partial charge >= 0.3 is 5.97 Å². The predicted octanol–water partition coefficient (Wildman–Crippen LogP) is 2.90. The first-order valence-corrected chi connectivity index (χ1v) is 10.2. The van der Waals surface area contributed by atoms with Crippen molar-refractivity contribution in [1.82, 2.24) is 4.90 Å². The molecule has 2 aromatic carbocycles. The number of carbonyl (C=O) groups is 3. The fourth-order valence-corrected chi connectivity index (χ4v) is 4.92. The number of imide groups is 1. The molecule has 7 heteroatoms. The minimum Gasteiger partial charge on any atom is -0.462 e. The van der Waals surface area contributed by atoms with Gasteiger partial charge in [0.05, 0.1) is 41.8 Å². The van der Waals surface area contributed by atoms with Gasteiger partial charge in [0.15, 0.2) is 0 Å². The molecular formula is C24H19N3O4. The summed E-state index contributed by atoms with van der Waals surface area (Å²) in [5.41, 5.74) is 2.66. The lowest BCUT2D eigenvalue weighted by Gasteiger charge is -2.33. The van der Waals surface area contributed by atoms with Gasteiger partial charge in [-0.25, -0.2) is 9.69 Å². The molecular weight excluding hydrogens is 394 g/mol. The maximum Gasteiger partial charge on any atom is 0.338 e. The van der Waals surface area contributed by atoms with E-state index in [1.54, 1.807) is 19.1 Å². The molecule has 2 amide bonds. The first-order valence-electron chi connectivity index (χ1n) is 10.2. The van der Waals surface area contributed by atoms with Crippen molar-refractivity contribution >= 4 is 29.5 Å². The van der Waals surface area contributed by atoms with E-state index < -0.39 is 23.8 Å². The summed E-state index contributed by atoms with van der Waals surface area (Å²) in [6.45, 7) is 1.98. The normalized spacial score (nSPS) is 25.7. The van der Waals surface area contributed by atoms with Crippen LogP contribution in [0.25, 0.3) is 6.08 Å². The van der Waals surface area contributed by atoms with Gasteiger partial charge in [-0.05, 0) is 48.4 Å². The summed E-state index contributed by atoms with van der Waals surface area (Å²) in [5, 5.41) is 9.85. The zero-order valence-electron chi connectivity index (χ0n) is 16.8. The van der Waals surface area contributed by atoms with E-state index in [1.165, 1.54) is 12.1 Å². The summed E-state index contributed by atoms with van der Waals surface area (Å²) in [6, 6.07) is 15.1. The molecule has 2 aromatic rings. The quantitative estimate of drug-likeness (QED) is 0.568. The zero-order chi connectivity index (χ0) is 21.7. The predicted molar refractivity (Wildman–Crippen MR) is 111 cm³/mol. The van der Waals surface area contributed by atoms with Gasteiger partial charge in [-0.15, -0.1) is 0 Å². The van der Waals surface area contributed by atoms with Crippen molar-refractivity contribution in [3.63, 3.8) is 0 Å². The van der Waals surface area contributed by atoms with Crippen LogP contribution >= 0.6 is 0 Å². The van der Waals surface area contributed by atoms with E-state index in [0.29, 0.717) is 11.3 Å². The van der Waals surface area contributed by atoms with Crippen LogP contribution < -0.4 is 4.90 Å². The molecule has 0 saturated carbocycles. The molecule has 3 heterocycles. The Morgan fingerprint density at radius 1 is 1.06 bits per heavy atom. The summed E-state index contributed by atoms with van der Waals surface area (Å²) in [6.07, 6.45) is 3.73. The number of carbonyl (C=O) groups excluding carboxylic acids is 3. The summed E-state index contributed by atoms with van der Waals surface area (Å²) < 4.78 is 4.98. The van der Waals surface area contributed by atoms with Crippen molar-refractivity contribution in [2.75, 3.05) is 11.5 Å². The molecule has 154 valence electrons. The van der Waals surface area contributed by atoms with Crippen LogP contribution in [0, 0.1) is 23.2 Å². The molecule has 31 heavy (non-hydrogen) atoms. The number of hydrogen-bond donors (Lipinski definition) is 0. The second kappa shape index (κ2) is 7.10. The number of anilines is 1. The molecule has 4 atom stereocenters. The highest BCUT2D eigenvalue weighted by Gasteiger charge is 2.63. The molecule has 2 saturated heterocycles. The average molecular weight is 413 g/mol. The topological polar surface area (TPSA) is 90.7 Å². The van der Waals surface area contributed by atoms with Gasteiger partial charge in [-0.1, -0.05) is 24.3 Å². The van der Waals surface area contributed by atoms with Gasteiger partial charge in [-0.3, -0.25) is 9.59 Å². The van der Waals surface area contributed by atoms with Crippen molar-refractivity contribution in [3.05, 3.63) is 71.4 Å². The highest BCUT2D eigenvalue weighted by molar-refractivity contribution is 6.23. The minimum atomic E-state index is -0.747. The van der Waals surface area contributed by atoms with Crippen LogP contribution in [0.1, 0.15) is 34.5 Å². The number of benzene rings is 2. The van der Waals surface area contributed by atoms with Gasteiger partial charge < -0.3 is 9.64 Å². The molecule has 0 unspecified atom stereocenters. The van der Waals surface area contributed by atoms with Crippen LogP contribution in [-0.4, -0.2) is 35.3 Å². The van der Waals surface area contributed by atoms with E-state index in [-0.39, 0.29) is 24.5 Å². The molecule has 3 aliphatic heterocycles. The van der Waals surface area contributed by atoms with Gasteiger partial charge in [0, 0.05) is 6.20 Å². The van der Waals surface area contributed by atoms with Gasteiger partial charge in [0.25, 0.3) is 0 Å². The first-order chi connectivity index (χ1) is 15.1. The number of nitrogens with zero attached hydrogens (tertiary/aromatic N) is 3. The third-order valence-electron chi connectivity index (χ3n) is 6.23. The molecule has 7 nitrogen and oxygen atoms in total. The molecule has 0 radical (unpaired) electrons. The zero-order valence-corrected chi connectivity index (χ0v) is 16.8. The number of esters is 1. The van der Waals surface area contributed by atoms with Crippen LogP contribution in [0.15, 0.2) is 54.7 Å². The molecule has 5 rings (SSSR count). The number of nitriles is 1. The Kier molecular flexibility index (Phi) is 4.36. The lowest BCUT2D eigenvalue weighted by Crippen LogP contribution is -2.40. The SMILES string of the molecule is CCOC(=O)c1ccc(N2C(=O)[C@@H]3[C@H](C2=O)[C@@H](C#N)N2C=Cc4ccccc4[C@H]32)cc1. The van der Waals surface area contributed by atoms with Crippen molar-refractivity contribution in [1.29, 1.82) is 5.26 Å². The van der Waals surface area contributed by atoms with Crippen LogP contribution in [0.5, 0.6) is 0 Å².